The molecular weight excluding hydrogens is 216 g/mol. The molecule has 0 radical (unpaired) electrons. The van der Waals surface area contributed by atoms with E-state index in [1.807, 2.05) is 0 Å². The molecule has 2 rings (SSSR count). The number of hydrogen-bond acceptors (Lipinski definition) is 4. The van der Waals surface area contributed by atoms with E-state index < -0.39 is 0 Å². The van der Waals surface area contributed by atoms with E-state index in [2.05, 4.69) is 30.7 Å². The van der Waals surface area contributed by atoms with Crippen LogP contribution in [0, 0.1) is 0 Å². The highest BCUT2D eigenvalue weighted by Crippen LogP contribution is 2.38. The summed E-state index contributed by atoms with van der Waals surface area (Å²) in [6, 6.07) is 1.73. The molecule has 1 aliphatic carbocycles. The maximum Gasteiger partial charge on any atom is 0.356 e. The Morgan fingerprint density at radius 3 is 2.47 bits per heavy atom. The van der Waals surface area contributed by atoms with E-state index in [0.717, 1.165) is 24.4 Å². The second kappa shape index (κ2) is 4.09. The van der Waals surface area contributed by atoms with E-state index in [0.29, 0.717) is 11.6 Å². The van der Waals surface area contributed by atoms with Crippen molar-refractivity contribution in [3.05, 3.63) is 23.3 Å². The van der Waals surface area contributed by atoms with Crippen LogP contribution in [0.3, 0.4) is 0 Å². The van der Waals surface area contributed by atoms with Crippen LogP contribution in [-0.4, -0.2) is 23.0 Å². The van der Waals surface area contributed by atoms with Gasteiger partial charge in [0.05, 0.1) is 12.8 Å². The molecule has 1 aromatic rings. The van der Waals surface area contributed by atoms with Gasteiger partial charge in [0.2, 0.25) is 0 Å². The number of nitrogens with zero attached hydrogens (tertiary/aromatic N) is 2. The molecule has 1 heterocycles. The van der Waals surface area contributed by atoms with Crippen molar-refractivity contribution in [3.8, 4) is 0 Å². The average Bonchev–Trinajstić information content (AvgIpc) is 3.10. The monoisotopic (exact) mass is 234 g/mol. The third-order valence-electron chi connectivity index (χ3n) is 2.85. The number of aromatic nitrogens is 2. The summed E-state index contributed by atoms with van der Waals surface area (Å²) in [5, 5.41) is 0. The molecule has 1 saturated carbocycles. The van der Waals surface area contributed by atoms with Gasteiger partial charge in [0.1, 0.15) is 5.82 Å². The number of ether oxygens (including phenoxy) is 1. The Hall–Kier alpha value is -1.45. The molecule has 0 aromatic carbocycles. The Labute approximate surface area is 101 Å². The SMILES string of the molecule is COC(=O)c1cc(C(C)(C)C)nc(C2CC2)n1. The van der Waals surface area contributed by atoms with Crippen LogP contribution in [0.5, 0.6) is 0 Å². The second-order valence-electron chi connectivity index (χ2n) is 5.51. The number of carbonyl (C=O) groups excluding carboxylic acids is 1. The standard InChI is InChI=1S/C13H18N2O2/c1-13(2,3)10-7-9(12(16)17-4)14-11(15-10)8-5-6-8/h7-8H,5-6H2,1-4H3. The average molecular weight is 234 g/mol. The molecule has 0 N–H and O–H groups in total. The zero-order valence-electron chi connectivity index (χ0n) is 10.8. The number of methoxy groups -OCH3 is 1. The highest BCUT2D eigenvalue weighted by atomic mass is 16.5. The molecule has 1 aliphatic rings. The third-order valence-corrected chi connectivity index (χ3v) is 2.85. The summed E-state index contributed by atoms with van der Waals surface area (Å²) in [7, 11) is 1.37. The van der Waals surface area contributed by atoms with E-state index in [-0.39, 0.29) is 11.4 Å². The van der Waals surface area contributed by atoms with Crippen LogP contribution in [0.2, 0.25) is 0 Å². The van der Waals surface area contributed by atoms with Crippen molar-refractivity contribution < 1.29 is 9.53 Å². The highest BCUT2D eigenvalue weighted by Gasteiger charge is 2.30. The predicted octanol–water partition coefficient (Wildman–Crippen LogP) is 2.44. The molecule has 0 bridgehead atoms. The van der Waals surface area contributed by atoms with Crippen LogP contribution in [0.25, 0.3) is 0 Å². The Morgan fingerprint density at radius 2 is 2.00 bits per heavy atom. The van der Waals surface area contributed by atoms with Gasteiger partial charge in [0.15, 0.2) is 5.69 Å². The molecule has 92 valence electrons. The minimum atomic E-state index is -0.389. The Balaban J connectivity index is 2.46. The summed E-state index contributed by atoms with van der Waals surface area (Å²) < 4.78 is 4.73. The lowest BCUT2D eigenvalue weighted by atomic mass is 9.91. The van der Waals surface area contributed by atoms with Crippen LogP contribution in [0.15, 0.2) is 6.07 Å². The fourth-order valence-electron chi connectivity index (χ4n) is 1.58. The van der Waals surface area contributed by atoms with Crippen molar-refractivity contribution in [2.45, 2.75) is 44.9 Å². The summed E-state index contributed by atoms with van der Waals surface area (Å²) in [5.74, 6) is 0.832. The van der Waals surface area contributed by atoms with E-state index in [1.54, 1.807) is 6.07 Å². The minimum Gasteiger partial charge on any atom is -0.464 e. The number of carbonyl (C=O) groups is 1. The minimum absolute atomic E-state index is 0.0879. The summed E-state index contributed by atoms with van der Waals surface area (Å²) in [6.07, 6.45) is 2.24. The number of hydrogen-bond donors (Lipinski definition) is 0. The largest absolute Gasteiger partial charge is 0.464 e. The molecule has 4 nitrogen and oxygen atoms in total. The first-order chi connectivity index (χ1) is 7.91. The molecule has 0 amide bonds. The first-order valence-corrected chi connectivity index (χ1v) is 5.89. The molecule has 17 heavy (non-hydrogen) atoms. The molecule has 0 aliphatic heterocycles. The summed E-state index contributed by atoms with van der Waals surface area (Å²) >= 11 is 0. The lowest BCUT2D eigenvalue weighted by molar-refractivity contribution is 0.0593. The molecule has 4 heteroatoms. The normalized spacial score (nSPS) is 15.8. The number of esters is 1. The summed E-state index contributed by atoms with van der Waals surface area (Å²) in [6.45, 7) is 6.23. The lowest BCUT2D eigenvalue weighted by Crippen LogP contribution is -2.18. The third kappa shape index (κ3) is 2.62. The van der Waals surface area contributed by atoms with Gasteiger partial charge < -0.3 is 4.74 Å². The van der Waals surface area contributed by atoms with Gasteiger partial charge in [-0.3, -0.25) is 0 Å². The topological polar surface area (TPSA) is 52.1 Å². The van der Waals surface area contributed by atoms with Crippen LogP contribution in [0.1, 0.15) is 61.5 Å². The van der Waals surface area contributed by atoms with E-state index in [1.165, 1.54) is 7.11 Å². The zero-order valence-corrected chi connectivity index (χ0v) is 10.8. The van der Waals surface area contributed by atoms with Gasteiger partial charge in [-0.15, -0.1) is 0 Å². The van der Waals surface area contributed by atoms with Gasteiger partial charge in [-0.25, -0.2) is 14.8 Å². The summed E-state index contributed by atoms with van der Waals surface area (Å²) in [5.41, 5.74) is 1.18. The predicted molar refractivity (Wildman–Crippen MR) is 64.0 cm³/mol. The maximum atomic E-state index is 11.6. The molecular formula is C13H18N2O2. The smallest absolute Gasteiger partial charge is 0.356 e. The highest BCUT2D eigenvalue weighted by molar-refractivity contribution is 5.87. The molecule has 1 fully saturated rings. The Bertz CT molecular complexity index is 445. The van der Waals surface area contributed by atoms with Crippen molar-refractivity contribution >= 4 is 5.97 Å². The molecule has 0 spiro atoms. The van der Waals surface area contributed by atoms with Crippen LogP contribution in [-0.2, 0) is 10.2 Å². The van der Waals surface area contributed by atoms with Crippen molar-refractivity contribution in [2.24, 2.45) is 0 Å². The van der Waals surface area contributed by atoms with Crippen LogP contribution >= 0.6 is 0 Å². The van der Waals surface area contributed by atoms with Crippen molar-refractivity contribution in [3.63, 3.8) is 0 Å². The summed E-state index contributed by atoms with van der Waals surface area (Å²) in [4.78, 5) is 20.4. The zero-order chi connectivity index (χ0) is 12.6. The molecule has 0 atom stereocenters. The molecule has 1 aromatic heterocycles. The van der Waals surface area contributed by atoms with Gasteiger partial charge in [-0.05, 0) is 18.9 Å². The number of rotatable bonds is 2. The second-order valence-corrected chi connectivity index (χ2v) is 5.51. The van der Waals surface area contributed by atoms with Gasteiger partial charge in [-0.2, -0.15) is 0 Å². The van der Waals surface area contributed by atoms with Crippen molar-refractivity contribution in [1.82, 2.24) is 9.97 Å². The van der Waals surface area contributed by atoms with Gasteiger partial charge >= 0.3 is 5.97 Å². The first-order valence-electron chi connectivity index (χ1n) is 5.89. The van der Waals surface area contributed by atoms with Gasteiger partial charge in [0, 0.05) is 11.3 Å². The lowest BCUT2D eigenvalue weighted by Gasteiger charge is -2.18. The molecule has 0 saturated heterocycles. The van der Waals surface area contributed by atoms with E-state index in [4.69, 9.17) is 4.74 Å². The van der Waals surface area contributed by atoms with Crippen molar-refractivity contribution in [1.29, 1.82) is 0 Å². The van der Waals surface area contributed by atoms with E-state index >= 15 is 0 Å². The quantitative estimate of drug-likeness (QED) is 0.737. The first kappa shape index (κ1) is 12.0. The van der Waals surface area contributed by atoms with Crippen molar-refractivity contribution in [2.75, 3.05) is 7.11 Å². The maximum absolute atomic E-state index is 11.6. The Morgan fingerprint density at radius 1 is 1.35 bits per heavy atom. The van der Waals surface area contributed by atoms with Gasteiger partial charge in [-0.1, -0.05) is 20.8 Å². The van der Waals surface area contributed by atoms with E-state index in [9.17, 15) is 4.79 Å². The van der Waals surface area contributed by atoms with Gasteiger partial charge in [0.25, 0.3) is 0 Å². The van der Waals surface area contributed by atoms with Crippen LogP contribution in [0.4, 0.5) is 0 Å². The fourth-order valence-corrected chi connectivity index (χ4v) is 1.58. The Kier molecular flexibility index (Phi) is 2.89. The molecule has 0 unspecified atom stereocenters. The van der Waals surface area contributed by atoms with Crippen LogP contribution < -0.4 is 0 Å². The fraction of sp³-hybridized carbons (Fsp3) is 0.615.